The Labute approximate surface area is 145 Å². The molecule has 0 unspecified atom stereocenters. The Bertz CT molecular complexity index is 737. The van der Waals surface area contributed by atoms with E-state index in [1.54, 1.807) is 29.3 Å². The fourth-order valence-corrected chi connectivity index (χ4v) is 2.72. The van der Waals surface area contributed by atoms with E-state index < -0.39 is 12.1 Å². The average molecular weight is 342 g/mol. The molecule has 1 aliphatic heterocycles. The molecule has 0 saturated carbocycles. The van der Waals surface area contributed by atoms with E-state index in [-0.39, 0.29) is 11.7 Å². The number of carbonyl (C=O) groups excluding carboxylic acids is 2. The van der Waals surface area contributed by atoms with Crippen LogP contribution >= 0.6 is 0 Å². The number of urea groups is 1. The lowest BCUT2D eigenvalue weighted by atomic mass is 10.2. The van der Waals surface area contributed by atoms with Crippen molar-refractivity contribution in [2.45, 2.75) is 25.6 Å². The van der Waals surface area contributed by atoms with Gasteiger partial charge < -0.3 is 15.5 Å². The van der Waals surface area contributed by atoms with Gasteiger partial charge >= 0.3 is 6.03 Å². The van der Waals surface area contributed by atoms with Crippen molar-refractivity contribution in [2.75, 3.05) is 6.54 Å². The summed E-state index contributed by atoms with van der Waals surface area (Å²) in [5, 5.41) is 5.39. The molecule has 0 spiro atoms. The van der Waals surface area contributed by atoms with Gasteiger partial charge in [-0.2, -0.15) is 0 Å². The Morgan fingerprint density at radius 3 is 2.76 bits per heavy atom. The van der Waals surface area contributed by atoms with Crippen LogP contribution in [0.1, 0.15) is 17.7 Å². The summed E-state index contributed by atoms with van der Waals surface area (Å²) >= 11 is 0. The van der Waals surface area contributed by atoms with E-state index in [0.29, 0.717) is 26.1 Å². The molecule has 25 heavy (non-hydrogen) atoms. The van der Waals surface area contributed by atoms with Crippen molar-refractivity contribution < 1.29 is 14.0 Å². The molecule has 3 rings (SSSR count). The van der Waals surface area contributed by atoms with Gasteiger partial charge in [0.05, 0.1) is 12.2 Å². The number of halogens is 1. The fourth-order valence-electron chi connectivity index (χ4n) is 2.72. The van der Waals surface area contributed by atoms with Crippen molar-refractivity contribution in [3.05, 3.63) is 65.7 Å². The molecule has 1 aromatic carbocycles. The second-order valence-corrected chi connectivity index (χ2v) is 5.88. The number of carbonyl (C=O) groups is 2. The molecule has 3 amide bonds. The van der Waals surface area contributed by atoms with Crippen LogP contribution in [0.5, 0.6) is 0 Å². The summed E-state index contributed by atoms with van der Waals surface area (Å²) in [6, 6.07) is 10.6. The van der Waals surface area contributed by atoms with Crippen molar-refractivity contribution in [3.63, 3.8) is 0 Å². The standard InChI is InChI=1S/C18H19FN4O2/c19-14-6-4-13(5-7-14)12-23-10-8-16(17(23)24)22-18(25)21-11-15-3-1-2-9-20-15/h1-7,9,16H,8,10-12H2,(H2,21,22,25)/t16-/m1/s1. The SMILES string of the molecule is O=C(NCc1ccccn1)N[C@@H]1CCN(Cc2ccc(F)cc2)C1=O. The fraction of sp³-hybridized carbons (Fsp3) is 0.278. The smallest absolute Gasteiger partial charge is 0.315 e. The maximum Gasteiger partial charge on any atom is 0.315 e. The third-order valence-corrected chi connectivity index (χ3v) is 4.05. The van der Waals surface area contributed by atoms with Gasteiger partial charge in [0.25, 0.3) is 0 Å². The Hall–Kier alpha value is -2.96. The molecule has 2 N–H and O–H groups in total. The third kappa shape index (κ3) is 4.53. The normalized spacial score (nSPS) is 16.8. The quantitative estimate of drug-likeness (QED) is 0.870. The first kappa shape index (κ1) is 16.9. The molecule has 1 aliphatic rings. The number of amides is 3. The molecule has 7 heteroatoms. The van der Waals surface area contributed by atoms with E-state index in [2.05, 4.69) is 15.6 Å². The molecule has 2 heterocycles. The summed E-state index contributed by atoms with van der Waals surface area (Å²) in [5.74, 6) is -0.432. The highest BCUT2D eigenvalue weighted by Crippen LogP contribution is 2.15. The topological polar surface area (TPSA) is 74.3 Å². The van der Waals surface area contributed by atoms with Crippen LogP contribution in [0.25, 0.3) is 0 Å². The summed E-state index contributed by atoms with van der Waals surface area (Å²) < 4.78 is 12.9. The van der Waals surface area contributed by atoms with Crippen molar-refractivity contribution >= 4 is 11.9 Å². The van der Waals surface area contributed by atoms with Crippen LogP contribution in [0.4, 0.5) is 9.18 Å². The molecular weight excluding hydrogens is 323 g/mol. The van der Waals surface area contributed by atoms with E-state index in [4.69, 9.17) is 0 Å². The van der Waals surface area contributed by atoms with E-state index in [1.807, 2.05) is 12.1 Å². The van der Waals surface area contributed by atoms with Gasteiger partial charge in [-0.15, -0.1) is 0 Å². The van der Waals surface area contributed by atoms with Crippen molar-refractivity contribution in [1.82, 2.24) is 20.5 Å². The van der Waals surface area contributed by atoms with Crippen molar-refractivity contribution in [3.8, 4) is 0 Å². The number of nitrogens with one attached hydrogen (secondary N) is 2. The molecule has 1 aromatic heterocycles. The predicted octanol–water partition coefficient (Wildman–Crippen LogP) is 1.82. The van der Waals surface area contributed by atoms with Crippen LogP contribution in [0.15, 0.2) is 48.7 Å². The molecule has 1 fully saturated rings. The van der Waals surface area contributed by atoms with Gasteiger partial charge in [0, 0.05) is 19.3 Å². The van der Waals surface area contributed by atoms with Gasteiger partial charge in [0.15, 0.2) is 0 Å². The first-order chi connectivity index (χ1) is 12.1. The third-order valence-electron chi connectivity index (χ3n) is 4.05. The lowest BCUT2D eigenvalue weighted by Crippen LogP contribution is -2.45. The number of aromatic nitrogens is 1. The van der Waals surface area contributed by atoms with Gasteiger partial charge in [-0.3, -0.25) is 9.78 Å². The molecule has 6 nitrogen and oxygen atoms in total. The van der Waals surface area contributed by atoms with E-state index >= 15 is 0 Å². The van der Waals surface area contributed by atoms with E-state index in [1.165, 1.54) is 12.1 Å². The van der Waals surface area contributed by atoms with Gasteiger partial charge in [-0.05, 0) is 36.2 Å². The summed E-state index contributed by atoms with van der Waals surface area (Å²) in [6.45, 7) is 1.27. The monoisotopic (exact) mass is 342 g/mol. The zero-order valence-electron chi connectivity index (χ0n) is 13.6. The Morgan fingerprint density at radius 2 is 2.04 bits per heavy atom. The number of pyridine rings is 1. The van der Waals surface area contributed by atoms with Crippen LogP contribution in [0, 0.1) is 5.82 Å². The zero-order chi connectivity index (χ0) is 17.6. The minimum absolute atomic E-state index is 0.127. The highest BCUT2D eigenvalue weighted by molar-refractivity contribution is 5.88. The Kier molecular flexibility index (Phi) is 5.23. The summed E-state index contributed by atoms with van der Waals surface area (Å²) in [5.41, 5.74) is 1.60. The van der Waals surface area contributed by atoms with E-state index in [9.17, 15) is 14.0 Å². The molecule has 0 radical (unpaired) electrons. The van der Waals surface area contributed by atoms with Gasteiger partial charge in [0.1, 0.15) is 11.9 Å². The molecule has 130 valence electrons. The summed E-state index contributed by atoms with van der Waals surface area (Å²) in [4.78, 5) is 30.1. The molecule has 0 bridgehead atoms. The maximum absolute atomic E-state index is 12.9. The van der Waals surface area contributed by atoms with Gasteiger partial charge in [-0.1, -0.05) is 18.2 Å². The minimum Gasteiger partial charge on any atom is -0.336 e. The first-order valence-electron chi connectivity index (χ1n) is 8.09. The number of rotatable bonds is 5. The van der Waals surface area contributed by atoms with E-state index in [0.717, 1.165) is 11.3 Å². The Morgan fingerprint density at radius 1 is 1.24 bits per heavy atom. The largest absolute Gasteiger partial charge is 0.336 e. The van der Waals surface area contributed by atoms with Gasteiger partial charge in [-0.25, -0.2) is 9.18 Å². The van der Waals surface area contributed by atoms with Crippen LogP contribution in [0.3, 0.4) is 0 Å². The maximum atomic E-state index is 12.9. The number of nitrogens with zero attached hydrogens (tertiary/aromatic N) is 2. The number of likely N-dealkylation sites (tertiary alicyclic amines) is 1. The van der Waals surface area contributed by atoms with Crippen LogP contribution in [-0.4, -0.2) is 34.4 Å². The lowest BCUT2D eigenvalue weighted by Gasteiger charge is -2.17. The second-order valence-electron chi connectivity index (χ2n) is 5.88. The van der Waals surface area contributed by atoms with Crippen molar-refractivity contribution in [1.29, 1.82) is 0 Å². The highest BCUT2D eigenvalue weighted by Gasteiger charge is 2.32. The molecular formula is C18H19FN4O2. The van der Waals surface area contributed by atoms with Gasteiger partial charge in [0.2, 0.25) is 5.91 Å². The molecule has 1 atom stereocenters. The van der Waals surface area contributed by atoms with Crippen LogP contribution in [-0.2, 0) is 17.9 Å². The molecule has 1 saturated heterocycles. The first-order valence-corrected chi connectivity index (χ1v) is 8.09. The van der Waals surface area contributed by atoms with Crippen LogP contribution in [0.2, 0.25) is 0 Å². The minimum atomic E-state index is -0.538. The summed E-state index contributed by atoms with van der Waals surface area (Å²) in [6.07, 6.45) is 2.21. The Balaban J connectivity index is 1.48. The van der Waals surface area contributed by atoms with Crippen molar-refractivity contribution in [2.24, 2.45) is 0 Å². The number of hydrogen-bond acceptors (Lipinski definition) is 3. The zero-order valence-corrected chi connectivity index (χ0v) is 13.6. The molecule has 0 aliphatic carbocycles. The van der Waals surface area contributed by atoms with Crippen LogP contribution < -0.4 is 10.6 Å². The average Bonchev–Trinajstić information content (AvgIpc) is 2.96. The number of hydrogen-bond donors (Lipinski definition) is 2. The lowest BCUT2D eigenvalue weighted by molar-refractivity contribution is -0.129. The second kappa shape index (κ2) is 7.74. The summed E-state index contributed by atoms with van der Waals surface area (Å²) in [7, 11) is 0. The highest BCUT2D eigenvalue weighted by atomic mass is 19.1. The number of benzene rings is 1. The molecule has 2 aromatic rings. The predicted molar refractivity (Wildman–Crippen MR) is 89.8 cm³/mol.